The van der Waals surface area contributed by atoms with Crippen molar-refractivity contribution in [2.24, 2.45) is 11.5 Å². The van der Waals surface area contributed by atoms with Crippen LogP contribution in [0.25, 0.3) is 0 Å². The molecule has 3 rings (SSSR count). The maximum absolute atomic E-state index is 6.47. The van der Waals surface area contributed by atoms with Crippen molar-refractivity contribution in [3.8, 4) is 0 Å². The minimum absolute atomic E-state index is 0.217. The van der Waals surface area contributed by atoms with E-state index < -0.39 is 31.6 Å². The monoisotopic (exact) mass is 592 g/mol. The quantitative estimate of drug-likeness (QED) is 0.517. The number of hydrogen-bond acceptors (Lipinski definition) is 5. The second kappa shape index (κ2) is 9.82. The van der Waals surface area contributed by atoms with E-state index >= 15 is 0 Å². The van der Waals surface area contributed by atoms with Gasteiger partial charge in [-0.15, -0.1) is 0 Å². The summed E-state index contributed by atoms with van der Waals surface area (Å²) in [7, 11) is 12.9. The van der Waals surface area contributed by atoms with Gasteiger partial charge in [0.2, 0.25) is 0 Å². The fourth-order valence-electron chi connectivity index (χ4n) is 2.82. The van der Waals surface area contributed by atoms with Crippen LogP contribution in [0.15, 0.2) is 60.7 Å². The molecule has 1 fully saturated rings. The molecule has 2 aromatic carbocycles. The van der Waals surface area contributed by atoms with Crippen LogP contribution in [0.4, 0.5) is 0 Å². The Hall–Kier alpha value is -0.492. The minimum atomic E-state index is -2.74. The average Bonchev–Trinajstić information content (AvgIpc) is 2.69. The summed E-state index contributed by atoms with van der Waals surface area (Å²) >= 11 is -2.74. The molecule has 8 heteroatoms. The average molecular weight is 593 g/mol. The predicted octanol–water partition coefficient (Wildman–Crippen LogP) is 3.05. The van der Waals surface area contributed by atoms with Crippen LogP contribution in [0, 0.1) is 0 Å². The van der Waals surface area contributed by atoms with E-state index in [-0.39, 0.29) is 12.6 Å². The summed E-state index contributed by atoms with van der Waals surface area (Å²) in [5.41, 5.74) is 14.5. The maximum atomic E-state index is 6.47. The van der Waals surface area contributed by atoms with Crippen molar-refractivity contribution in [2.45, 2.75) is 35.6 Å². The molecular weight excluding hydrogens is 570 g/mol. The second-order valence-electron chi connectivity index (χ2n) is 6.25. The SMILES string of the molecule is N[C@H]1[C@H](N)CO[C@](OCc2ccccc2)([Pt]([Cl])[Cl])[C@@H]1OCc1ccccc1. The van der Waals surface area contributed by atoms with E-state index in [9.17, 15) is 0 Å². The summed E-state index contributed by atoms with van der Waals surface area (Å²) in [4.78, 5) is 0. The van der Waals surface area contributed by atoms with Gasteiger partial charge in [-0.1, -0.05) is 0 Å². The second-order valence-corrected chi connectivity index (χ2v) is 13.9. The van der Waals surface area contributed by atoms with Gasteiger partial charge in [0.05, 0.1) is 0 Å². The van der Waals surface area contributed by atoms with Gasteiger partial charge >= 0.3 is 174 Å². The molecule has 27 heavy (non-hydrogen) atoms. The summed E-state index contributed by atoms with van der Waals surface area (Å²) in [6.45, 7) is 0.847. The van der Waals surface area contributed by atoms with Gasteiger partial charge < -0.3 is 0 Å². The zero-order valence-electron chi connectivity index (χ0n) is 14.6. The summed E-state index contributed by atoms with van der Waals surface area (Å²) in [5, 5.41) is 0. The first-order valence-corrected chi connectivity index (χ1v) is 15.2. The fourth-order valence-corrected chi connectivity index (χ4v) is 7.03. The van der Waals surface area contributed by atoms with Crippen LogP contribution >= 0.6 is 18.8 Å². The van der Waals surface area contributed by atoms with Crippen LogP contribution in [0.5, 0.6) is 0 Å². The number of nitrogens with two attached hydrogens (primary N) is 2. The molecule has 0 spiro atoms. The molecule has 4 N–H and O–H groups in total. The van der Waals surface area contributed by atoms with Crippen LogP contribution in [0.3, 0.4) is 0 Å². The Morgan fingerprint density at radius 3 is 2.07 bits per heavy atom. The van der Waals surface area contributed by atoms with Crippen molar-refractivity contribution in [1.82, 2.24) is 0 Å². The topological polar surface area (TPSA) is 79.7 Å². The summed E-state index contributed by atoms with van der Waals surface area (Å²) in [6, 6.07) is 18.6. The van der Waals surface area contributed by atoms with E-state index in [2.05, 4.69) is 0 Å². The third-order valence-electron chi connectivity index (χ3n) is 4.34. The molecule has 0 aromatic heterocycles. The molecule has 0 bridgehead atoms. The number of hydrogen-bond donors (Lipinski definition) is 2. The zero-order chi connectivity index (χ0) is 19.3. The van der Waals surface area contributed by atoms with Gasteiger partial charge in [0, 0.05) is 0 Å². The van der Waals surface area contributed by atoms with E-state index in [0.29, 0.717) is 13.2 Å². The van der Waals surface area contributed by atoms with E-state index in [0.717, 1.165) is 11.1 Å². The normalized spacial score (nSPS) is 28.7. The molecule has 1 saturated heterocycles. The van der Waals surface area contributed by atoms with Crippen molar-refractivity contribution < 1.29 is 29.4 Å². The van der Waals surface area contributed by atoms with E-state index in [1.807, 2.05) is 60.7 Å². The van der Waals surface area contributed by atoms with Crippen molar-refractivity contribution >= 4 is 18.8 Å². The molecule has 0 saturated carbocycles. The van der Waals surface area contributed by atoms with E-state index in [1.54, 1.807) is 0 Å². The molecule has 1 aliphatic rings. The Bertz CT molecular complexity index is 711. The first kappa shape index (κ1) is 21.2. The number of benzene rings is 2. The predicted molar refractivity (Wildman–Crippen MR) is 103 cm³/mol. The number of ether oxygens (including phenoxy) is 3. The van der Waals surface area contributed by atoms with Gasteiger partial charge in [-0.05, 0) is 0 Å². The van der Waals surface area contributed by atoms with Crippen molar-refractivity contribution in [3.05, 3.63) is 71.8 Å². The third-order valence-corrected chi connectivity index (χ3v) is 9.57. The Morgan fingerprint density at radius 1 is 0.963 bits per heavy atom. The van der Waals surface area contributed by atoms with Gasteiger partial charge in [0.15, 0.2) is 0 Å². The number of halogens is 2. The summed E-state index contributed by atoms with van der Waals surface area (Å²) in [6.07, 6.45) is -0.661. The molecular formula is C19H23Cl2N2O3Pt. The van der Waals surface area contributed by atoms with Crippen LogP contribution in [-0.4, -0.2) is 29.0 Å². The molecule has 0 unspecified atom stereocenters. The summed E-state index contributed by atoms with van der Waals surface area (Å²) < 4.78 is 17.0. The fraction of sp³-hybridized carbons (Fsp3) is 0.368. The van der Waals surface area contributed by atoms with Gasteiger partial charge in [-0.2, -0.15) is 0 Å². The van der Waals surface area contributed by atoms with Crippen LogP contribution < -0.4 is 11.5 Å². The van der Waals surface area contributed by atoms with E-state index in [4.69, 9.17) is 44.5 Å². The zero-order valence-corrected chi connectivity index (χ0v) is 18.4. The molecule has 5 nitrogen and oxygen atoms in total. The molecule has 0 amide bonds. The van der Waals surface area contributed by atoms with Gasteiger partial charge in [0.1, 0.15) is 0 Å². The molecule has 1 heterocycles. The van der Waals surface area contributed by atoms with Crippen molar-refractivity contribution in [1.29, 1.82) is 0 Å². The first-order valence-electron chi connectivity index (χ1n) is 8.47. The van der Waals surface area contributed by atoms with Crippen molar-refractivity contribution in [3.63, 3.8) is 0 Å². The van der Waals surface area contributed by atoms with Crippen LogP contribution in [0.1, 0.15) is 11.1 Å². The first-order chi connectivity index (χ1) is 13.0. The molecule has 0 aliphatic carbocycles. The Kier molecular flexibility index (Phi) is 7.72. The Morgan fingerprint density at radius 2 is 1.52 bits per heavy atom. The standard InChI is InChI=1S/C19H23N2O3.2ClH.Pt/c20-16-13-24-19(23-12-15-9-5-2-6-10-15)18(17(16)21)22-11-14-7-3-1-4-8-14;;;/h1-10,16-18H,11-13,20-21H2;2*1H;/q;;;+2/p-2/t16-,17+,18-;;;/m1.../s1. The van der Waals surface area contributed by atoms with Gasteiger partial charge in [-0.25, -0.2) is 0 Å². The summed E-state index contributed by atoms with van der Waals surface area (Å²) in [5.74, 6) is 0. The Balaban J connectivity index is 1.80. The van der Waals surface area contributed by atoms with Gasteiger partial charge in [0.25, 0.3) is 0 Å². The van der Waals surface area contributed by atoms with Crippen LogP contribution in [-0.2, 0) is 42.7 Å². The van der Waals surface area contributed by atoms with Crippen molar-refractivity contribution in [2.75, 3.05) is 6.61 Å². The number of rotatable bonds is 7. The van der Waals surface area contributed by atoms with Crippen LogP contribution in [0.2, 0.25) is 0 Å². The Labute approximate surface area is 173 Å². The molecule has 0 radical (unpaired) electrons. The molecule has 4 atom stereocenters. The third kappa shape index (κ3) is 5.11. The van der Waals surface area contributed by atoms with E-state index in [1.165, 1.54) is 0 Å². The van der Waals surface area contributed by atoms with Gasteiger partial charge in [-0.3, -0.25) is 0 Å². The molecule has 2 aromatic rings. The molecule has 1 aliphatic heterocycles. The molecule has 151 valence electrons.